The van der Waals surface area contributed by atoms with Gasteiger partial charge in [0.2, 0.25) is 16.9 Å². The van der Waals surface area contributed by atoms with Crippen LogP contribution in [0.4, 0.5) is 10.8 Å². The highest BCUT2D eigenvalue weighted by Crippen LogP contribution is 2.23. The maximum Gasteiger partial charge on any atom is 0.226 e. The lowest BCUT2D eigenvalue weighted by Gasteiger charge is -2.08. The molecule has 0 aliphatic carbocycles. The first-order chi connectivity index (χ1) is 11.3. The van der Waals surface area contributed by atoms with Crippen molar-refractivity contribution in [2.24, 2.45) is 0 Å². The zero-order chi connectivity index (χ0) is 17.7. The van der Waals surface area contributed by atoms with E-state index < -0.39 is 0 Å². The summed E-state index contributed by atoms with van der Waals surface area (Å²) in [6.45, 7) is 5.89. The van der Waals surface area contributed by atoms with Crippen molar-refractivity contribution in [3.63, 3.8) is 0 Å². The number of carbonyl (C=O) groups is 2. The Morgan fingerprint density at radius 3 is 2.46 bits per heavy atom. The Labute approximate surface area is 149 Å². The van der Waals surface area contributed by atoms with Crippen LogP contribution in [0.3, 0.4) is 0 Å². The van der Waals surface area contributed by atoms with E-state index in [1.807, 2.05) is 26.8 Å². The standard InChI is InChI=1S/C16H19ClN4O2S/c1-9(2)15-20-21-16(24-15)19-14(23)7-6-13(22)18-12-8-11(17)5-4-10(12)3/h4-5,8-9H,6-7H2,1-3H3,(H,18,22)(H,19,21,23). The third-order valence-corrected chi connectivity index (χ3v) is 4.61. The minimum atomic E-state index is -0.264. The zero-order valence-corrected chi connectivity index (χ0v) is 15.3. The van der Waals surface area contributed by atoms with Crippen molar-refractivity contribution in [2.75, 3.05) is 10.6 Å². The summed E-state index contributed by atoms with van der Waals surface area (Å²) in [6, 6.07) is 5.27. The molecule has 0 spiro atoms. The van der Waals surface area contributed by atoms with Gasteiger partial charge >= 0.3 is 0 Å². The van der Waals surface area contributed by atoms with Crippen molar-refractivity contribution in [1.29, 1.82) is 0 Å². The Bertz CT molecular complexity index is 745. The number of amides is 2. The topological polar surface area (TPSA) is 84.0 Å². The second-order valence-corrected chi connectivity index (χ2v) is 7.10. The molecule has 8 heteroatoms. The predicted octanol–water partition coefficient (Wildman–Crippen LogP) is 3.98. The van der Waals surface area contributed by atoms with Crippen LogP contribution in [0.25, 0.3) is 0 Å². The molecular formula is C16H19ClN4O2S. The van der Waals surface area contributed by atoms with Crippen molar-refractivity contribution in [2.45, 2.75) is 39.5 Å². The van der Waals surface area contributed by atoms with Gasteiger partial charge in [0.15, 0.2) is 0 Å². The molecule has 0 bridgehead atoms. The molecular weight excluding hydrogens is 348 g/mol. The highest BCUT2D eigenvalue weighted by molar-refractivity contribution is 7.15. The van der Waals surface area contributed by atoms with E-state index in [2.05, 4.69) is 20.8 Å². The van der Waals surface area contributed by atoms with Gasteiger partial charge in [-0.05, 0) is 24.6 Å². The van der Waals surface area contributed by atoms with Crippen LogP contribution in [-0.2, 0) is 9.59 Å². The fourth-order valence-electron chi connectivity index (χ4n) is 1.87. The van der Waals surface area contributed by atoms with E-state index in [4.69, 9.17) is 11.6 Å². The van der Waals surface area contributed by atoms with E-state index in [1.54, 1.807) is 12.1 Å². The molecule has 24 heavy (non-hydrogen) atoms. The summed E-state index contributed by atoms with van der Waals surface area (Å²) in [7, 11) is 0. The molecule has 0 aliphatic rings. The predicted molar refractivity (Wildman–Crippen MR) is 96.7 cm³/mol. The van der Waals surface area contributed by atoms with E-state index in [9.17, 15) is 9.59 Å². The minimum Gasteiger partial charge on any atom is -0.326 e. The smallest absolute Gasteiger partial charge is 0.226 e. The van der Waals surface area contributed by atoms with Crippen LogP contribution in [0.2, 0.25) is 5.02 Å². The Kier molecular flexibility index (Phi) is 6.28. The van der Waals surface area contributed by atoms with Crippen LogP contribution in [-0.4, -0.2) is 22.0 Å². The number of nitrogens with one attached hydrogen (secondary N) is 2. The van der Waals surface area contributed by atoms with E-state index in [1.165, 1.54) is 11.3 Å². The second kappa shape index (κ2) is 8.21. The maximum absolute atomic E-state index is 12.0. The Balaban J connectivity index is 1.82. The van der Waals surface area contributed by atoms with Crippen LogP contribution in [0, 0.1) is 6.92 Å². The van der Waals surface area contributed by atoms with E-state index in [0.717, 1.165) is 10.6 Å². The molecule has 2 aromatic rings. The van der Waals surface area contributed by atoms with Crippen molar-refractivity contribution < 1.29 is 9.59 Å². The van der Waals surface area contributed by atoms with Crippen LogP contribution < -0.4 is 10.6 Å². The third kappa shape index (κ3) is 5.28. The summed E-state index contributed by atoms with van der Waals surface area (Å²) in [4.78, 5) is 23.9. The molecule has 0 unspecified atom stereocenters. The van der Waals surface area contributed by atoms with Crippen LogP contribution in [0.5, 0.6) is 0 Å². The lowest BCUT2D eigenvalue weighted by atomic mass is 10.2. The number of hydrogen-bond donors (Lipinski definition) is 2. The van der Waals surface area contributed by atoms with Crippen LogP contribution in [0.15, 0.2) is 18.2 Å². The van der Waals surface area contributed by atoms with E-state index in [0.29, 0.717) is 15.8 Å². The number of halogens is 1. The van der Waals surface area contributed by atoms with Gasteiger partial charge in [0.1, 0.15) is 5.01 Å². The molecule has 0 saturated heterocycles. The third-order valence-electron chi connectivity index (χ3n) is 3.23. The average Bonchev–Trinajstić information content (AvgIpc) is 2.98. The molecule has 0 atom stereocenters. The van der Waals surface area contributed by atoms with Crippen molar-refractivity contribution in [3.05, 3.63) is 33.8 Å². The SMILES string of the molecule is Cc1ccc(Cl)cc1NC(=O)CCC(=O)Nc1nnc(C(C)C)s1. The van der Waals surface area contributed by atoms with Crippen molar-refractivity contribution >= 4 is 45.6 Å². The lowest BCUT2D eigenvalue weighted by molar-refractivity contribution is -0.121. The molecule has 2 rings (SSSR count). The summed E-state index contributed by atoms with van der Waals surface area (Å²) in [6.07, 6.45) is 0.148. The molecule has 1 aromatic carbocycles. The van der Waals surface area contributed by atoms with Gasteiger partial charge in [-0.1, -0.05) is 42.9 Å². The molecule has 0 saturated carbocycles. The first kappa shape index (κ1) is 18.4. The molecule has 0 fully saturated rings. The van der Waals surface area contributed by atoms with Gasteiger partial charge in [-0.25, -0.2) is 0 Å². The van der Waals surface area contributed by atoms with Gasteiger partial charge in [-0.3, -0.25) is 9.59 Å². The molecule has 128 valence electrons. The van der Waals surface area contributed by atoms with E-state index in [-0.39, 0.29) is 30.6 Å². The number of rotatable bonds is 6. The van der Waals surface area contributed by atoms with Crippen LogP contribution >= 0.6 is 22.9 Å². The first-order valence-corrected chi connectivity index (χ1v) is 8.74. The van der Waals surface area contributed by atoms with Gasteiger partial charge in [0.25, 0.3) is 0 Å². The molecule has 2 amide bonds. The van der Waals surface area contributed by atoms with Crippen molar-refractivity contribution in [3.8, 4) is 0 Å². The molecule has 6 nitrogen and oxygen atoms in total. The fraction of sp³-hybridized carbons (Fsp3) is 0.375. The number of aromatic nitrogens is 2. The summed E-state index contributed by atoms with van der Waals surface area (Å²) in [5, 5.41) is 15.2. The van der Waals surface area contributed by atoms with Crippen molar-refractivity contribution in [1.82, 2.24) is 10.2 Å². The minimum absolute atomic E-state index is 0.0715. The second-order valence-electron chi connectivity index (χ2n) is 5.66. The van der Waals surface area contributed by atoms with Crippen LogP contribution in [0.1, 0.15) is 43.2 Å². The summed E-state index contributed by atoms with van der Waals surface area (Å²) < 4.78 is 0. The van der Waals surface area contributed by atoms with Gasteiger partial charge in [-0.15, -0.1) is 10.2 Å². The first-order valence-electron chi connectivity index (χ1n) is 7.54. The van der Waals surface area contributed by atoms with Gasteiger partial charge < -0.3 is 10.6 Å². The fourth-order valence-corrected chi connectivity index (χ4v) is 2.80. The number of carbonyl (C=O) groups excluding carboxylic acids is 2. The lowest BCUT2D eigenvalue weighted by Crippen LogP contribution is -2.17. The number of nitrogens with zero attached hydrogens (tertiary/aromatic N) is 2. The molecule has 0 aliphatic heterocycles. The van der Waals surface area contributed by atoms with E-state index >= 15 is 0 Å². The van der Waals surface area contributed by atoms with Gasteiger partial charge in [-0.2, -0.15) is 0 Å². The molecule has 0 radical (unpaired) electrons. The normalized spacial score (nSPS) is 10.7. The molecule has 2 N–H and O–H groups in total. The van der Waals surface area contributed by atoms with Gasteiger partial charge in [0, 0.05) is 29.5 Å². The quantitative estimate of drug-likeness (QED) is 0.809. The summed E-state index contributed by atoms with van der Waals surface area (Å²) in [5.41, 5.74) is 1.56. The largest absolute Gasteiger partial charge is 0.326 e. The highest BCUT2D eigenvalue weighted by Gasteiger charge is 2.12. The molecule has 1 aromatic heterocycles. The number of anilines is 2. The Morgan fingerprint density at radius 1 is 1.17 bits per heavy atom. The maximum atomic E-state index is 12.0. The Hall–Kier alpha value is -1.99. The summed E-state index contributed by atoms with van der Waals surface area (Å²) in [5.74, 6) is -0.241. The number of benzene rings is 1. The summed E-state index contributed by atoms with van der Waals surface area (Å²) >= 11 is 7.26. The monoisotopic (exact) mass is 366 g/mol. The molecule has 1 heterocycles. The zero-order valence-electron chi connectivity index (χ0n) is 13.7. The van der Waals surface area contributed by atoms with Gasteiger partial charge in [0.05, 0.1) is 0 Å². The number of hydrogen-bond acceptors (Lipinski definition) is 5. The Morgan fingerprint density at radius 2 is 1.83 bits per heavy atom. The average molecular weight is 367 g/mol. The highest BCUT2D eigenvalue weighted by atomic mass is 35.5. The number of aryl methyl sites for hydroxylation is 1.